The first-order valence-corrected chi connectivity index (χ1v) is 4.54. The van der Waals surface area contributed by atoms with Crippen LogP contribution in [0, 0.1) is 12.8 Å². The van der Waals surface area contributed by atoms with E-state index in [1.807, 2.05) is 12.4 Å². The second kappa shape index (κ2) is 7.08. The van der Waals surface area contributed by atoms with Gasteiger partial charge in [0.15, 0.2) is 0 Å². The molecule has 0 bridgehead atoms. The second-order valence-corrected chi connectivity index (χ2v) is 3.31. The SMILES string of the molecule is [CH2]CC(C)CCCC=C(C)[C]=O. The van der Waals surface area contributed by atoms with Gasteiger partial charge in [0.1, 0.15) is 0 Å². The van der Waals surface area contributed by atoms with E-state index < -0.39 is 0 Å². The van der Waals surface area contributed by atoms with E-state index in [0.29, 0.717) is 5.92 Å². The van der Waals surface area contributed by atoms with Crippen molar-refractivity contribution in [3.05, 3.63) is 18.6 Å². The molecule has 1 heteroatoms. The topological polar surface area (TPSA) is 17.1 Å². The first kappa shape index (κ1) is 11.4. The van der Waals surface area contributed by atoms with Crippen molar-refractivity contribution in [1.82, 2.24) is 0 Å². The van der Waals surface area contributed by atoms with E-state index in [0.717, 1.165) is 24.8 Å². The average Bonchev–Trinajstić information content (AvgIpc) is 2.11. The number of rotatable bonds is 6. The summed E-state index contributed by atoms with van der Waals surface area (Å²) in [6.07, 6.45) is 8.16. The molecule has 0 aromatic carbocycles. The van der Waals surface area contributed by atoms with Crippen LogP contribution in [0.15, 0.2) is 11.6 Å². The van der Waals surface area contributed by atoms with Crippen molar-refractivity contribution in [2.45, 2.75) is 39.5 Å². The fourth-order valence-electron chi connectivity index (χ4n) is 0.971. The highest BCUT2D eigenvalue weighted by molar-refractivity contribution is 5.72. The van der Waals surface area contributed by atoms with Crippen LogP contribution in [0.25, 0.3) is 0 Å². The van der Waals surface area contributed by atoms with E-state index in [4.69, 9.17) is 0 Å². The van der Waals surface area contributed by atoms with Crippen molar-refractivity contribution in [3.63, 3.8) is 0 Å². The highest BCUT2D eigenvalue weighted by Crippen LogP contribution is 2.11. The largest absolute Gasteiger partial charge is 0.285 e. The molecule has 0 aromatic heterocycles. The van der Waals surface area contributed by atoms with Crippen LogP contribution in [-0.4, -0.2) is 6.29 Å². The predicted molar refractivity (Wildman–Crippen MR) is 52.4 cm³/mol. The fourth-order valence-corrected chi connectivity index (χ4v) is 0.971. The summed E-state index contributed by atoms with van der Waals surface area (Å²) in [4.78, 5) is 10.1. The van der Waals surface area contributed by atoms with Gasteiger partial charge in [-0.15, -0.1) is 0 Å². The molecule has 0 amide bonds. The van der Waals surface area contributed by atoms with Gasteiger partial charge in [-0.25, -0.2) is 0 Å². The molecule has 0 aliphatic carbocycles. The van der Waals surface area contributed by atoms with Crippen molar-refractivity contribution in [1.29, 1.82) is 0 Å². The summed E-state index contributed by atoms with van der Waals surface area (Å²) < 4.78 is 0. The minimum Gasteiger partial charge on any atom is -0.285 e. The molecule has 0 heterocycles. The molecule has 12 heavy (non-hydrogen) atoms. The Kier molecular flexibility index (Phi) is 6.73. The molecule has 0 saturated carbocycles. The van der Waals surface area contributed by atoms with Crippen LogP contribution in [-0.2, 0) is 4.79 Å². The Labute approximate surface area is 75.9 Å². The van der Waals surface area contributed by atoms with E-state index in [-0.39, 0.29) is 0 Å². The van der Waals surface area contributed by atoms with Crippen molar-refractivity contribution in [3.8, 4) is 0 Å². The van der Waals surface area contributed by atoms with Gasteiger partial charge in [-0.3, -0.25) is 4.79 Å². The van der Waals surface area contributed by atoms with Crippen molar-refractivity contribution < 1.29 is 4.79 Å². The highest BCUT2D eigenvalue weighted by atomic mass is 16.1. The van der Waals surface area contributed by atoms with Crippen LogP contribution in [0.4, 0.5) is 0 Å². The van der Waals surface area contributed by atoms with E-state index in [1.165, 1.54) is 6.42 Å². The van der Waals surface area contributed by atoms with Gasteiger partial charge in [-0.2, -0.15) is 0 Å². The van der Waals surface area contributed by atoms with E-state index in [2.05, 4.69) is 13.8 Å². The molecule has 2 radical (unpaired) electrons. The number of allylic oxidation sites excluding steroid dienone is 2. The number of hydrogen-bond acceptors (Lipinski definition) is 1. The molecule has 0 rings (SSSR count). The molecule has 0 aliphatic rings. The van der Waals surface area contributed by atoms with Crippen LogP contribution in [0.3, 0.4) is 0 Å². The maximum Gasteiger partial charge on any atom is 0.228 e. The van der Waals surface area contributed by atoms with Crippen LogP contribution < -0.4 is 0 Å². The van der Waals surface area contributed by atoms with Gasteiger partial charge in [0.05, 0.1) is 0 Å². The molecule has 1 unspecified atom stereocenters. The lowest BCUT2D eigenvalue weighted by Crippen LogP contribution is -1.91. The molecule has 68 valence electrons. The standard InChI is InChI=1S/C11H18O/c1-4-10(2)7-5-6-8-11(3)9-12/h8,10H,1,4-7H2,2-3H3. The molecule has 0 spiro atoms. The minimum atomic E-state index is 0.707. The van der Waals surface area contributed by atoms with Gasteiger partial charge < -0.3 is 0 Å². The predicted octanol–water partition coefficient (Wildman–Crippen LogP) is 3.07. The van der Waals surface area contributed by atoms with E-state index in [1.54, 1.807) is 6.92 Å². The molecule has 0 N–H and O–H groups in total. The summed E-state index contributed by atoms with van der Waals surface area (Å²) in [5, 5.41) is 0. The molecule has 0 aliphatic heterocycles. The average molecular weight is 166 g/mol. The monoisotopic (exact) mass is 166 g/mol. The van der Waals surface area contributed by atoms with Gasteiger partial charge in [0, 0.05) is 0 Å². The lowest BCUT2D eigenvalue weighted by molar-refractivity contribution is 0.517. The van der Waals surface area contributed by atoms with Crippen molar-refractivity contribution in [2.24, 2.45) is 5.92 Å². The molecular formula is C11H18O. The van der Waals surface area contributed by atoms with Gasteiger partial charge in [-0.05, 0) is 31.3 Å². The summed E-state index contributed by atoms with van der Waals surface area (Å²) in [5.41, 5.74) is 0.720. The number of unbranched alkanes of at least 4 members (excludes halogenated alkanes) is 1. The summed E-state index contributed by atoms with van der Waals surface area (Å²) >= 11 is 0. The molecule has 0 fully saturated rings. The first-order chi connectivity index (χ1) is 5.70. The summed E-state index contributed by atoms with van der Waals surface area (Å²) in [5.74, 6) is 0.707. The lowest BCUT2D eigenvalue weighted by Gasteiger charge is -2.05. The summed E-state index contributed by atoms with van der Waals surface area (Å²) in [7, 11) is 0. The molecular weight excluding hydrogens is 148 g/mol. The molecule has 1 nitrogen and oxygen atoms in total. The fraction of sp³-hybridized carbons (Fsp3) is 0.636. The maximum atomic E-state index is 10.1. The Morgan fingerprint density at radius 3 is 2.83 bits per heavy atom. The quantitative estimate of drug-likeness (QED) is 0.438. The summed E-state index contributed by atoms with van der Waals surface area (Å²) in [6, 6.07) is 0. The zero-order valence-electron chi connectivity index (χ0n) is 8.10. The van der Waals surface area contributed by atoms with E-state index >= 15 is 0 Å². The third-order valence-corrected chi connectivity index (χ3v) is 2.01. The van der Waals surface area contributed by atoms with Gasteiger partial charge in [-0.1, -0.05) is 32.8 Å². The van der Waals surface area contributed by atoms with Crippen LogP contribution >= 0.6 is 0 Å². The minimum absolute atomic E-state index is 0.707. The van der Waals surface area contributed by atoms with Crippen LogP contribution in [0.5, 0.6) is 0 Å². The van der Waals surface area contributed by atoms with Gasteiger partial charge >= 0.3 is 0 Å². The van der Waals surface area contributed by atoms with Gasteiger partial charge in [0.2, 0.25) is 6.29 Å². The summed E-state index contributed by atoms with van der Waals surface area (Å²) in [6.45, 7) is 7.83. The van der Waals surface area contributed by atoms with Crippen LogP contribution in [0.2, 0.25) is 0 Å². The molecule has 1 atom stereocenters. The van der Waals surface area contributed by atoms with Crippen molar-refractivity contribution in [2.75, 3.05) is 0 Å². The van der Waals surface area contributed by atoms with E-state index in [9.17, 15) is 4.79 Å². The Morgan fingerprint density at radius 1 is 1.67 bits per heavy atom. The van der Waals surface area contributed by atoms with Crippen LogP contribution in [0.1, 0.15) is 39.5 Å². The Balaban J connectivity index is 3.38. The van der Waals surface area contributed by atoms with Gasteiger partial charge in [0.25, 0.3) is 0 Å². The third-order valence-electron chi connectivity index (χ3n) is 2.01. The zero-order valence-corrected chi connectivity index (χ0v) is 8.10. The maximum absolute atomic E-state index is 10.1. The third kappa shape index (κ3) is 6.14. The number of carbonyl (C=O) groups excluding carboxylic acids is 1. The lowest BCUT2D eigenvalue weighted by atomic mass is 10.0. The molecule has 0 aromatic rings. The Hall–Kier alpha value is -0.590. The zero-order chi connectivity index (χ0) is 9.40. The molecule has 0 saturated heterocycles. The van der Waals surface area contributed by atoms with Crippen molar-refractivity contribution >= 4 is 6.29 Å². The first-order valence-electron chi connectivity index (χ1n) is 4.54. The number of hydrogen-bond donors (Lipinski definition) is 0. The second-order valence-electron chi connectivity index (χ2n) is 3.31. The Morgan fingerprint density at radius 2 is 2.33 bits per heavy atom. The highest BCUT2D eigenvalue weighted by Gasteiger charge is 1.96. The smallest absolute Gasteiger partial charge is 0.228 e. The Bertz CT molecular complexity index is 147. The normalized spacial score (nSPS) is 14.4.